The summed E-state index contributed by atoms with van der Waals surface area (Å²) in [7, 11) is -2.01. The first-order valence-corrected chi connectivity index (χ1v) is 8.74. The zero-order valence-electron chi connectivity index (χ0n) is 13.2. The Kier molecular flexibility index (Phi) is 6.32. The number of nitrogens with one attached hydrogen (secondary N) is 1. The van der Waals surface area contributed by atoms with Crippen LogP contribution in [0.5, 0.6) is 5.75 Å². The van der Waals surface area contributed by atoms with Crippen LogP contribution in [-0.2, 0) is 21.3 Å². The molecule has 0 aliphatic heterocycles. The molecule has 0 saturated heterocycles. The number of ether oxygens (including phenoxy) is 2. The second kappa shape index (κ2) is 8.45. The van der Waals surface area contributed by atoms with Crippen molar-refractivity contribution in [3.05, 3.63) is 59.7 Å². The lowest BCUT2D eigenvalue weighted by Crippen LogP contribution is -2.23. The Morgan fingerprint density at radius 1 is 1.04 bits per heavy atom. The summed E-state index contributed by atoms with van der Waals surface area (Å²) >= 11 is 0. The predicted molar refractivity (Wildman–Crippen MR) is 89.0 cm³/mol. The minimum Gasteiger partial charge on any atom is -0.491 e. The number of nitriles is 1. The van der Waals surface area contributed by atoms with Crippen LogP contribution in [0.25, 0.3) is 0 Å². The van der Waals surface area contributed by atoms with E-state index in [2.05, 4.69) is 4.72 Å². The Hall–Kier alpha value is -2.40. The third-order valence-electron chi connectivity index (χ3n) is 3.24. The Bertz CT molecular complexity index is 794. The second-order valence-corrected chi connectivity index (χ2v) is 6.71. The molecule has 2 rings (SSSR count). The molecular formula is C17H18N2O4S. The molecule has 0 aliphatic rings. The number of methoxy groups -OCH3 is 1. The van der Waals surface area contributed by atoms with Gasteiger partial charge in [-0.25, -0.2) is 13.1 Å². The van der Waals surface area contributed by atoms with Crippen LogP contribution in [0.15, 0.2) is 53.4 Å². The molecule has 0 atom stereocenters. The van der Waals surface area contributed by atoms with Crippen molar-refractivity contribution in [2.75, 3.05) is 20.3 Å². The molecule has 6 nitrogen and oxygen atoms in total. The van der Waals surface area contributed by atoms with Gasteiger partial charge >= 0.3 is 0 Å². The molecule has 0 unspecified atom stereocenters. The van der Waals surface area contributed by atoms with Gasteiger partial charge in [0.25, 0.3) is 0 Å². The number of hydrogen-bond donors (Lipinski definition) is 1. The normalized spacial score (nSPS) is 11.0. The Morgan fingerprint density at radius 2 is 1.71 bits per heavy atom. The molecular weight excluding hydrogens is 328 g/mol. The van der Waals surface area contributed by atoms with Gasteiger partial charge in [0.15, 0.2) is 0 Å². The minimum atomic E-state index is -3.62. The maximum atomic E-state index is 12.2. The smallest absolute Gasteiger partial charge is 0.240 e. The van der Waals surface area contributed by atoms with E-state index in [1.165, 1.54) is 24.3 Å². The zero-order valence-corrected chi connectivity index (χ0v) is 14.0. The molecule has 0 aliphatic carbocycles. The Labute approximate surface area is 141 Å². The topological polar surface area (TPSA) is 88.4 Å². The molecule has 0 heterocycles. The molecule has 0 aromatic heterocycles. The number of rotatable bonds is 8. The SMILES string of the molecule is COCCOc1ccc(CNS(=O)(=O)c2ccc(C#N)cc2)cc1. The van der Waals surface area contributed by atoms with Gasteiger partial charge in [-0.1, -0.05) is 12.1 Å². The summed E-state index contributed by atoms with van der Waals surface area (Å²) in [5, 5.41) is 8.74. The maximum absolute atomic E-state index is 12.2. The monoisotopic (exact) mass is 346 g/mol. The van der Waals surface area contributed by atoms with Crippen molar-refractivity contribution in [3.63, 3.8) is 0 Å². The van der Waals surface area contributed by atoms with Gasteiger partial charge in [0.2, 0.25) is 10.0 Å². The van der Waals surface area contributed by atoms with Crippen molar-refractivity contribution in [3.8, 4) is 11.8 Å². The summed E-state index contributed by atoms with van der Waals surface area (Å²) in [5.41, 5.74) is 1.23. The number of nitrogens with zero attached hydrogens (tertiary/aromatic N) is 1. The highest BCUT2D eigenvalue weighted by Crippen LogP contribution is 2.14. The molecule has 7 heteroatoms. The Morgan fingerprint density at radius 3 is 2.29 bits per heavy atom. The number of benzene rings is 2. The molecule has 0 fully saturated rings. The van der Waals surface area contributed by atoms with E-state index >= 15 is 0 Å². The van der Waals surface area contributed by atoms with Crippen LogP contribution in [0.4, 0.5) is 0 Å². The summed E-state index contributed by atoms with van der Waals surface area (Å²) < 4.78 is 37.3. The van der Waals surface area contributed by atoms with E-state index < -0.39 is 10.0 Å². The summed E-state index contributed by atoms with van der Waals surface area (Å²) in [6.07, 6.45) is 0. The molecule has 2 aromatic rings. The molecule has 1 N–H and O–H groups in total. The van der Waals surface area contributed by atoms with Crippen LogP contribution in [0.3, 0.4) is 0 Å². The van der Waals surface area contributed by atoms with Crippen LogP contribution in [0, 0.1) is 11.3 Å². The van der Waals surface area contributed by atoms with Crippen LogP contribution < -0.4 is 9.46 Å². The summed E-state index contributed by atoms with van der Waals surface area (Å²) in [4.78, 5) is 0.126. The van der Waals surface area contributed by atoms with Gasteiger partial charge in [0, 0.05) is 13.7 Å². The molecule has 0 saturated carbocycles. The zero-order chi connectivity index (χ0) is 17.4. The molecule has 0 spiro atoms. The van der Waals surface area contributed by atoms with Gasteiger partial charge in [-0.3, -0.25) is 0 Å². The van der Waals surface area contributed by atoms with Crippen molar-refractivity contribution < 1.29 is 17.9 Å². The molecule has 0 bridgehead atoms. The van der Waals surface area contributed by atoms with Crippen molar-refractivity contribution in [2.24, 2.45) is 0 Å². The minimum absolute atomic E-state index is 0.126. The number of hydrogen-bond acceptors (Lipinski definition) is 5. The predicted octanol–water partition coefficient (Wildman–Crippen LogP) is 2.06. The summed E-state index contributed by atoms with van der Waals surface area (Å²) in [5.74, 6) is 0.700. The average Bonchev–Trinajstić information content (AvgIpc) is 2.61. The van der Waals surface area contributed by atoms with Crippen LogP contribution >= 0.6 is 0 Å². The molecule has 24 heavy (non-hydrogen) atoms. The van der Waals surface area contributed by atoms with Gasteiger partial charge in [0.1, 0.15) is 12.4 Å². The van der Waals surface area contributed by atoms with Crippen LogP contribution in [-0.4, -0.2) is 28.7 Å². The lowest BCUT2D eigenvalue weighted by atomic mass is 10.2. The first-order valence-electron chi connectivity index (χ1n) is 7.25. The fourth-order valence-electron chi connectivity index (χ4n) is 1.92. The van der Waals surface area contributed by atoms with E-state index in [-0.39, 0.29) is 11.4 Å². The van der Waals surface area contributed by atoms with Gasteiger partial charge in [-0.2, -0.15) is 5.26 Å². The fourth-order valence-corrected chi connectivity index (χ4v) is 2.93. The standard InChI is InChI=1S/C17H18N2O4S/c1-22-10-11-23-16-6-2-15(3-7-16)13-19-24(20,21)17-8-4-14(12-18)5-9-17/h2-9,19H,10-11,13H2,1H3. The van der Waals surface area contributed by atoms with E-state index in [1.54, 1.807) is 31.4 Å². The van der Waals surface area contributed by atoms with E-state index in [4.69, 9.17) is 14.7 Å². The van der Waals surface area contributed by atoms with Gasteiger partial charge in [-0.15, -0.1) is 0 Å². The quantitative estimate of drug-likeness (QED) is 0.739. The highest BCUT2D eigenvalue weighted by atomic mass is 32.2. The van der Waals surface area contributed by atoms with Crippen molar-refractivity contribution in [1.82, 2.24) is 4.72 Å². The van der Waals surface area contributed by atoms with Crippen molar-refractivity contribution in [2.45, 2.75) is 11.4 Å². The average molecular weight is 346 g/mol. The van der Waals surface area contributed by atoms with Crippen molar-refractivity contribution in [1.29, 1.82) is 5.26 Å². The van der Waals surface area contributed by atoms with Crippen molar-refractivity contribution >= 4 is 10.0 Å². The Balaban J connectivity index is 1.95. The third-order valence-corrected chi connectivity index (χ3v) is 4.66. The molecule has 0 radical (unpaired) electrons. The van der Waals surface area contributed by atoms with Crippen LogP contribution in [0.1, 0.15) is 11.1 Å². The lowest BCUT2D eigenvalue weighted by molar-refractivity contribution is 0.146. The second-order valence-electron chi connectivity index (χ2n) is 4.95. The first-order chi connectivity index (χ1) is 11.5. The van der Waals surface area contributed by atoms with Gasteiger partial charge in [-0.05, 0) is 42.0 Å². The van der Waals surface area contributed by atoms with E-state index in [9.17, 15) is 8.42 Å². The van der Waals surface area contributed by atoms with E-state index in [0.717, 1.165) is 5.56 Å². The summed E-state index contributed by atoms with van der Waals surface area (Å²) in [6, 6.07) is 14.9. The van der Waals surface area contributed by atoms with Gasteiger partial charge < -0.3 is 9.47 Å². The maximum Gasteiger partial charge on any atom is 0.240 e. The first kappa shape index (κ1) is 17.9. The molecule has 0 amide bonds. The van der Waals surface area contributed by atoms with Crippen LogP contribution in [0.2, 0.25) is 0 Å². The largest absolute Gasteiger partial charge is 0.491 e. The van der Waals surface area contributed by atoms with E-state index in [0.29, 0.717) is 24.5 Å². The van der Waals surface area contributed by atoms with Gasteiger partial charge in [0.05, 0.1) is 23.1 Å². The fraction of sp³-hybridized carbons (Fsp3) is 0.235. The summed E-state index contributed by atoms with van der Waals surface area (Å²) in [6.45, 7) is 1.13. The highest BCUT2D eigenvalue weighted by Gasteiger charge is 2.13. The third kappa shape index (κ3) is 5.06. The molecule has 126 valence electrons. The molecule has 2 aromatic carbocycles. The number of sulfonamides is 1. The van der Waals surface area contributed by atoms with E-state index in [1.807, 2.05) is 6.07 Å². The highest BCUT2D eigenvalue weighted by molar-refractivity contribution is 7.89. The lowest BCUT2D eigenvalue weighted by Gasteiger charge is -2.09.